The zero-order chi connectivity index (χ0) is 16.7. The first-order chi connectivity index (χ1) is 11.0. The molecule has 0 aliphatic rings. The van der Waals surface area contributed by atoms with E-state index in [1.807, 2.05) is 44.2 Å². The van der Waals surface area contributed by atoms with E-state index >= 15 is 0 Å². The molecule has 0 aliphatic heterocycles. The highest BCUT2D eigenvalue weighted by Crippen LogP contribution is 2.14. The van der Waals surface area contributed by atoms with E-state index in [1.54, 1.807) is 30.3 Å². The van der Waals surface area contributed by atoms with E-state index in [9.17, 15) is 9.59 Å². The molecule has 0 radical (unpaired) electrons. The Morgan fingerprint density at radius 3 is 2.00 bits per heavy atom. The van der Waals surface area contributed by atoms with Crippen LogP contribution < -0.4 is 10.6 Å². The van der Waals surface area contributed by atoms with Crippen molar-refractivity contribution in [1.82, 2.24) is 0 Å². The van der Waals surface area contributed by atoms with Crippen LogP contribution in [0.2, 0.25) is 0 Å². The number of rotatable bonds is 5. The van der Waals surface area contributed by atoms with E-state index < -0.39 is 0 Å². The summed E-state index contributed by atoms with van der Waals surface area (Å²) < 4.78 is 0. The predicted molar refractivity (Wildman–Crippen MR) is 94.0 cm³/mol. The van der Waals surface area contributed by atoms with Crippen molar-refractivity contribution in [2.45, 2.75) is 13.8 Å². The van der Waals surface area contributed by atoms with E-state index in [1.165, 1.54) is 6.08 Å². The summed E-state index contributed by atoms with van der Waals surface area (Å²) in [7, 11) is 0. The van der Waals surface area contributed by atoms with Crippen LogP contribution in [-0.2, 0) is 9.59 Å². The minimum absolute atomic E-state index is 0.0346. The molecule has 0 fully saturated rings. The van der Waals surface area contributed by atoms with Crippen LogP contribution in [0.1, 0.15) is 19.4 Å². The van der Waals surface area contributed by atoms with Gasteiger partial charge in [0.25, 0.3) is 0 Å². The quantitative estimate of drug-likeness (QED) is 0.822. The average Bonchev–Trinajstić information content (AvgIpc) is 2.55. The maximum atomic E-state index is 11.9. The number of carbonyl (C=O) groups is 2. The summed E-state index contributed by atoms with van der Waals surface area (Å²) in [6.07, 6.45) is 3.25. The predicted octanol–water partition coefficient (Wildman–Crippen LogP) is 3.93. The molecule has 0 saturated heterocycles. The standard InChI is InChI=1S/C19H20N2O2/c1-14(2)19(23)21-17-11-9-16(10-12-17)20-18(22)13-8-15-6-4-3-5-7-15/h3-14H,1-2H3,(H,20,22)(H,21,23)/b13-8+. The summed E-state index contributed by atoms with van der Waals surface area (Å²) in [6, 6.07) is 16.6. The molecular formula is C19H20N2O2. The highest BCUT2D eigenvalue weighted by molar-refractivity contribution is 6.02. The van der Waals surface area contributed by atoms with Crippen molar-refractivity contribution in [2.75, 3.05) is 10.6 Å². The number of carbonyl (C=O) groups excluding carboxylic acids is 2. The number of amides is 2. The molecule has 0 aromatic heterocycles. The maximum Gasteiger partial charge on any atom is 0.248 e. The van der Waals surface area contributed by atoms with E-state index in [2.05, 4.69) is 10.6 Å². The third-order valence-electron chi connectivity index (χ3n) is 3.17. The largest absolute Gasteiger partial charge is 0.326 e. The van der Waals surface area contributed by atoms with Crippen LogP contribution in [-0.4, -0.2) is 11.8 Å². The van der Waals surface area contributed by atoms with Crippen LogP contribution in [0, 0.1) is 5.92 Å². The fourth-order valence-corrected chi connectivity index (χ4v) is 1.84. The average molecular weight is 308 g/mol. The zero-order valence-electron chi connectivity index (χ0n) is 13.2. The fraction of sp³-hybridized carbons (Fsp3) is 0.158. The van der Waals surface area contributed by atoms with Gasteiger partial charge in [-0.3, -0.25) is 9.59 Å². The normalized spacial score (nSPS) is 10.7. The lowest BCUT2D eigenvalue weighted by atomic mass is 10.2. The van der Waals surface area contributed by atoms with Gasteiger partial charge in [0.2, 0.25) is 11.8 Å². The van der Waals surface area contributed by atoms with Crippen molar-refractivity contribution in [3.63, 3.8) is 0 Å². The van der Waals surface area contributed by atoms with Crippen molar-refractivity contribution in [3.8, 4) is 0 Å². The van der Waals surface area contributed by atoms with Gasteiger partial charge < -0.3 is 10.6 Å². The molecule has 23 heavy (non-hydrogen) atoms. The molecule has 0 bridgehead atoms. The third kappa shape index (κ3) is 5.43. The molecule has 0 heterocycles. The SMILES string of the molecule is CC(C)C(=O)Nc1ccc(NC(=O)/C=C/c2ccccc2)cc1. The molecular weight excluding hydrogens is 288 g/mol. The lowest BCUT2D eigenvalue weighted by Crippen LogP contribution is -2.17. The van der Waals surface area contributed by atoms with Gasteiger partial charge in [0.1, 0.15) is 0 Å². The summed E-state index contributed by atoms with van der Waals surface area (Å²) in [5.74, 6) is -0.307. The minimum Gasteiger partial charge on any atom is -0.326 e. The molecule has 0 unspecified atom stereocenters. The second-order valence-corrected chi connectivity index (χ2v) is 5.45. The Morgan fingerprint density at radius 2 is 1.43 bits per heavy atom. The summed E-state index contributed by atoms with van der Waals surface area (Å²) in [4.78, 5) is 23.5. The van der Waals surface area contributed by atoms with Crippen molar-refractivity contribution in [1.29, 1.82) is 0 Å². The molecule has 2 N–H and O–H groups in total. The van der Waals surface area contributed by atoms with Gasteiger partial charge in [-0.1, -0.05) is 44.2 Å². The molecule has 2 aromatic carbocycles. The molecule has 0 aliphatic carbocycles. The van der Waals surface area contributed by atoms with Gasteiger partial charge in [-0.15, -0.1) is 0 Å². The first kappa shape index (κ1) is 16.5. The Balaban J connectivity index is 1.91. The molecule has 0 atom stereocenters. The van der Waals surface area contributed by atoms with E-state index in [0.717, 1.165) is 5.56 Å². The van der Waals surface area contributed by atoms with Crippen LogP contribution in [0.15, 0.2) is 60.7 Å². The van der Waals surface area contributed by atoms with Crippen LogP contribution >= 0.6 is 0 Å². The van der Waals surface area contributed by atoms with Gasteiger partial charge >= 0.3 is 0 Å². The van der Waals surface area contributed by atoms with Crippen molar-refractivity contribution in [3.05, 3.63) is 66.2 Å². The molecule has 118 valence electrons. The van der Waals surface area contributed by atoms with Gasteiger partial charge in [-0.25, -0.2) is 0 Å². The first-order valence-corrected chi connectivity index (χ1v) is 7.49. The van der Waals surface area contributed by atoms with Crippen molar-refractivity contribution >= 4 is 29.3 Å². The van der Waals surface area contributed by atoms with Crippen molar-refractivity contribution < 1.29 is 9.59 Å². The molecule has 2 rings (SSSR count). The number of hydrogen-bond acceptors (Lipinski definition) is 2. The number of anilines is 2. The summed E-state index contributed by atoms with van der Waals surface area (Å²) in [5, 5.41) is 5.58. The van der Waals surface area contributed by atoms with Gasteiger partial charge in [-0.05, 0) is 35.9 Å². The van der Waals surface area contributed by atoms with Crippen molar-refractivity contribution in [2.24, 2.45) is 5.92 Å². The minimum atomic E-state index is -0.201. The van der Waals surface area contributed by atoms with Gasteiger partial charge in [0.15, 0.2) is 0 Å². The molecule has 4 nitrogen and oxygen atoms in total. The Hall–Kier alpha value is -2.88. The Morgan fingerprint density at radius 1 is 0.870 bits per heavy atom. The lowest BCUT2D eigenvalue weighted by Gasteiger charge is -2.08. The van der Waals surface area contributed by atoms with E-state index in [0.29, 0.717) is 11.4 Å². The first-order valence-electron chi connectivity index (χ1n) is 7.49. The fourth-order valence-electron chi connectivity index (χ4n) is 1.84. The summed E-state index contributed by atoms with van der Waals surface area (Å²) in [6.45, 7) is 3.67. The second-order valence-electron chi connectivity index (χ2n) is 5.45. The van der Waals surface area contributed by atoms with Crippen LogP contribution in [0.5, 0.6) is 0 Å². The molecule has 2 aromatic rings. The highest BCUT2D eigenvalue weighted by Gasteiger charge is 2.06. The maximum absolute atomic E-state index is 11.9. The number of benzene rings is 2. The van der Waals surface area contributed by atoms with Gasteiger partial charge in [-0.2, -0.15) is 0 Å². The molecule has 4 heteroatoms. The molecule has 0 saturated carbocycles. The number of hydrogen-bond donors (Lipinski definition) is 2. The second kappa shape index (κ2) is 7.94. The van der Waals surface area contributed by atoms with Gasteiger partial charge in [0, 0.05) is 23.4 Å². The summed E-state index contributed by atoms with van der Waals surface area (Å²) in [5.41, 5.74) is 2.35. The molecule has 2 amide bonds. The Kier molecular flexibility index (Phi) is 5.69. The lowest BCUT2D eigenvalue weighted by molar-refractivity contribution is -0.119. The topological polar surface area (TPSA) is 58.2 Å². The number of nitrogens with one attached hydrogen (secondary N) is 2. The smallest absolute Gasteiger partial charge is 0.248 e. The zero-order valence-corrected chi connectivity index (χ0v) is 13.2. The van der Waals surface area contributed by atoms with Gasteiger partial charge in [0.05, 0.1) is 0 Å². The van der Waals surface area contributed by atoms with E-state index in [-0.39, 0.29) is 17.7 Å². The Labute approximate surface area is 136 Å². The highest BCUT2D eigenvalue weighted by atomic mass is 16.2. The monoisotopic (exact) mass is 308 g/mol. The molecule has 0 spiro atoms. The van der Waals surface area contributed by atoms with E-state index in [4.69, 9.17) is 0 Å². The van der Waals surface area contributed by atoms with Crippen LogP contribution in [0.3, 0.4) is 0 Å². The Bertz CT molecular complexity index is 689. The third-order valence-corrected chi connectivity index (χ3v) is 3.17. The van der Waals surface area contributed by atoms with Crippen LogP contribution in [0.25, 0.3) is 6.08 Å². The van der Waals surface area contributed by atoms with Crippen LogP contribution in [0.4, 0.5) is 11.4 Å². The summed E-state index contributed by atoms with van der Waals surface area (Å²) >= 11 is 0.